The van der Waals surface area contributed by atoms with E-state index >= 15 is 0 Å². The van der Waals surface area contributed by atoms with Gasteiger partial charge in [0.05, 0.1) is 0 Å². The Morgan fingerprint density at radius 3 is 2.41 bits per heavy atom. The third kappa shape index (κ3) is 6.65. The molecule has 0 aromatic heterocycles. The molecule has 0 radical (unpaired) electrons. The van der Waals surface area contributed by atoms with E-state index < -0.39 is 0 Å². The maximum atomic E-state index is 12.5. The fraction of sp³-hybridized carbons (Fsp3) is 0.550. The highest BCUT2D eigenvalue weighted by Crippen LogP contribution is 2.20. The molecule has 1 fully saturated rings. The number of piperidine rings is 1. The minimum absolute atomic E-state index is 0.00285. The molecular formula is C20H28BrN3O3. The van der Waals surface area contributed by atoms with Crippen LogP contribution >= 0.6 is 15.9 Å². The standard InChI is InChI=1S/C20H28BrN3O3/c1-3-14(2)23-18(25)8-11-22-19(26)15-9-12-24(13-10-15)20(27)16-4-6-17(21)7-5-16/h4-7,14-15H,3,8-13H2,1-2H3,(H,22,26)(H,23,25). The summed E-state index contributed by atoms with van der Waals surface area (Å²) in [5.41, 5.74) is 0.661. The number of nitrogens with one attached hydrogen (secondary N) is 2. The van der Waals surface area contributed by atoms with Crippen LogP contribution in [0.3, 0.4) is 0 Å². The van der Waals surface area contributed by atoms with E-state index in [4.69, 9.17) is 0 Å². The van der Waals surface area contributed by atoms with Crippen molar-refractivity contribution in [2.45, 2.75) is 45.6 Å². The Bertz CT molecular complexity index is 655. The van der Waals surface area contributed by atoms with Gasteiger partial charge in [-0.15, -0.1) is 0 Å². The van der Waals surface area contributed by atoms with Crippen LogP contribution in [0.15, 0.2) is 28.7 Å². The van der Waals surface area contributed by atoms with Crippen LogP contribution in [0.25, 0.3) is 0 Å². The Morgan fingerprint density at radius 1 is 1.19 bits per heavy atom. The van der Waals surface area contributed by atoms with Crippen LogP contribution in [0.1, 0.15) is 49.9 Å². The maximum Gasteiger partial charge on any atom is 0.253 e. The minimum atomic E-state index is -0.100. The van der Waals surface area contributed by atoms with Gasteiger partial charge in [-0.3, -0.25) is 14.4 Å². The number of halogens is 1. The molecule has 3 amide bonds. The van der Waals surface area contributed by atoms with Crippen LogP contribution in [0, 0.1) is 5.92 Å². The molecular weight excluding hydrogens is 410 g/mol. The van der Waals surface area contributed by atoms with Crippen molar-refractivity contribution < 1.29 is 14.4 Å². The van der Waals surface area contributed by atoms with E-state index in [-0.39, 0.29) is 36.1 Å². The lowest BCUT2D eigenvalue weighted by Crippen LogP contribution is -2.43. The third-order valence-electron chi connectivity index (χ3n) is 4.92. The number of nitrogens with zero attached hydrogens (tertiary/aromatic N) is 1. The molecule has 1 saturated heterocycles. The van der Waals surface area contributed by atoms with Gasteiger partial charge >= 0.3 is 0 Å². The highest BCUT2D eigenvalue weighted by atomic mass is 79.9. The van der Waals surface area contributed by atoms with Gasteiger partial charge in [0.25, 0.3) is 5.91 Å². The average molecular weight is 438 g/mol. The summed E-state index contributed by atoms with van der Waals surface area (Å²) in [6, 6.07) is 7.46. The Morgan fingerprint density at radius 2 is 1.81 bits per heavy atom. The van der Waals surface area contributed by atoms with Crippen LogP contribution in [0.5, 0.6) is 0 Å². The summed E-state index contributed by atoms with van der Waals surface area (Å²) in [4.78, 5) is 38.3. The number of benzene rings is 1. The van der Waals surface area contributed by atoms with Crippen molar-refractivity contribution in [2.24, 2.45) is 5.92 Å². The first-order valence-electron chi connectivity index (χ1n) is 9.52. The van der Waals surface area contributed by atoms with Gasteiger partial charge in [-0.1, -0.05) is 22.9 Å². The highest BCUT2D eigenvalue weighted by molar-refractivity contribution is 9.10. The number of hydrogen-bond acceptors (Lipinski definition) is 3. The van der Waals surface area contributed by atoms with Crippen LogP contribution in [0.4, 0.5) is 0 Å². The van der Waals surface area contributed by atoms with Crippen LogP contribution in [0.2, 0.25) is 0 Å². The first-order chi connectivity index (χ1) is 12.9. The maximum absolute atomic E-state index is 12.5. The number of amides is 3. The largest absolute Gasteiger partial charge is 0.355 e. The molecule has 0 bridgehead atoms. The summed E-state index contributed by atoms with van der Waals surface area (Å²) in [5.74, 6) is -0.165. The summed E-state index contributed by atoms with van der Waals surface area (Å²) in [6.07, 6.45) is 2.47. The van der Waals surface area contributed by atoms with Crippen molar-refractivity contribution in [3.05, 3.63) is 34.3 Å². The molecule has 1 aliphatic rings. The summed E-state index contributed by atoms with van der Waals surface area (Å²) in [5, 5.41) is 5.73. The second-order valence-corrected chi connectivity index (χ2v) is 7.91. The van der Waals surface area contributed by atoms with Crippen molar-refractivity contribution in [1.29, 1.82) is 0 Å². The lowest BCUT2D eigenvalue weighted by Gasteiger charge is -2.31. The highest BCUT2D eigenvalue weighted by Gasteiger charge is 2.27. The van der Waals surface area contributed by atoms with E-state index in [1.807, 2.05) is 26.0 Å². The summed E-state index contributed by atoms with van der Waals surface area (Å²) in [7, 11) is 0. The van der Waals surface area contributed by atoms with E-state index in [0.29, 0.717) is 38.0 Å². The normalized spacial score (nSPS) is 15.9. The van der Waals surface area contributed by atoms with Crippen LogP contribution < -0.4 is 10.6 Å². The van der Waals surface area contributed by atoms with E-state index in [2.05, 4.69) is 26.6 Å². The van der Waals surface area contributed by atoms with E-state index in [1.54, 1.807) is 17.0 Å². The van der Waals surface area contributed by atoms with Crippen molar-refractivity contribution >= 4 is 33.7 Å². The number of likely N-dealkylation sites (tertiary alicyclic amines) is 1. The number of carbonyl (C=O) groups is 3. The number of carbonyl (C=O) groups excluding carboxylic acids is 3. The molecule has 1 aromatic rings. The number of hydrogen-bond donors (Lipinski definition) is 2. The Balaban J connectivity index is 1.71. The average Bonchev–Trinajstić information content (AvgIpc) is 2.68. The molecule has 2 rings (SSSR count). The molecule has 27 heavy (non-hydrogen) atoms. The van der Waals surface area contributed by atoms with Crippen LogP contribution in [-0.2, 0) is 9.59 Å². The molecule has 0 aliphatic carbocycles. The molecule has 6 nitrogen and oxygen atoms in total. The molecule has 0 spiro atoms. The van der Waals surface area contributed by atoms with Crippen molar-refractivity contribution in [3.8, 4) is 0 Å². The van der Waals surface area contributed by atoms with E-state index in [9.17, 15) is 14.4 Å². The predicted octanol–water partition coefficient (Wildman–Crippen LogP) is 2.72. The zero-order valence-electron chi connectivity index (χ0n) is 16.0. The van der Waals surface area contributed by atoms with Gasteiger partial charge in [0.2, 0.25) is 11.8 Å². The topological polar surface area (TPSA) is 78.5 Å². The van der Waals surface area contributed by atoms with Gasteiger partial charge in [0, 0.05) is 48.1 Å². The Hall–Kier alpha value is -1.89. The summed E-state index contributed by atoms with van der Waals surface area (Å²) < 4.78 is 0.937. The Kier molecular flexibility index (Phi) is 8.28. The van der Waals surface area contributed by atoms with Crippen molar-refractivity contribution in [2.75, 3.05) is 19.6 Å². The van der Waals surface area contributed by atoms with Gasteiger partial charge in [-0.05, 0) is 50.5 Å². The quantitative estimate of drug-likeness (QED) is 0.687. The SMILES string of the molecule is CCC(C)NC(=O)CCNC(=O)C1CCN(C(=O)c2ccc(Br)cc2)CC1. The monoisotopic (exact) mass is 437 g/mol. The van der Waals surface area contributed by atoms with Crippen molar-refractivity contribution in [3.63, 3.8) is 0 Å². The second-order valence-electron chi connectivity index (χ2n) is 6.99. The lowest BCUT2D eigenvalue weighted by atomic mass is 9.95. The fourth-order valence-corrected chi connectivity index (χ4v) is 3.28. The fourth-order valence-electron chi connectivity index (χ4n) is 3.01. The Labute approximate surface area is 169 Å². The van der Waals surface area contributed by atoms with Crippen molar-refractivity contribution in [1.82, 2.24) is 15.5 Å². The molecule has 1 aliphatic heterocycles. The lowest BCUT2D eigenvalue weighted by molar-refractivity contribution is -0.126. The molecule has 1 heterocycles. The van der Waals surface area contributed by atoms with Gasteiger partial charge in [0.1, 0.15) is 0 Å². The third-order valence-corrected chi connectivity index (χ3v) is 5.44. The van der Waals surface area contributed by atoms with Crippen LogP contribution in [-0.4, -0.2) is 48.3 Å². The molecule has 1 unspecified atom stereocenters. The first kappa shape index (κ1) is 21.4. The van der Waals surface area contributed by atoms with E-state index in [0.717, 1.165) is 10.9 Å². The summed E-state index contributed by atoms with van der Waals surface area (Å²) in [6.45, 7) is 5.46. The number of rotatable bonds is 7. The summed E-state index contributed by atoms with van der Waals surface area (Å²) >= 11 is 3.36. The van der Waals surface area contributed by atoms with Gasteiger partial charge in [-0.25, -0.2) is 0 Å². The molecule has 7 heteroatoms. The molecule has 0 saturated carbocycles. The second kappa shape index (κ2) is 10.4. The molecule has 2 N–H and O–H groups in total. The zero-order valence-corrected chi connectivity index (χ0v) is 17.5. The van der Waals surface area contributed by atoms with Gasteiger partial charge < -0.3 is 15.5 Å². The smallest absolute Gasteiger partial charge is 0.253 e. The molecule has 1 aromatic carbocycles. The zero-order chi connectivity index (χ0) is 19.8. The van der Waals surface area contributed by atoms with Gasteiger partial charge in [0.15, 0.2) is 0 Å². The molecule has 148 valence electrons. The van der Waals surface area contributed by atoms with Gasteiger partial charge in [-0.2, -0.15) is 0 Å². The predicted molar refractivity (Wildman–Crippen MR) is 108 cm³/mol. The first-order valence-corrected chi connectivity index (χ1v) is 10.3. The minimum Gasteiger partial charge on any atom is -0.355 e. The molecule has 1 atom stereocenters. The van der Waals surface area contributed by atoms with E-state index in [1.165, 1.54) is 0 Å².